The molecule has 1 aliphatic rings. The highest BCUT2D eigenvalue weighted by atomic mass is 79.9. The zero-order valence-electron chi connectivity index (χ0n) is 9.95. The van der Waals surface area contributed by atoms with Crippen molar-refractivity contribution in [3.8, 4) is 0 Å². The van der Waals surface area contributed by atoms with Crippen LogP contribution in [0.1, 0.15) is 24.5 Å². The Morgan fingerprint density at radius 2 is 2.06 bits per heavy atom. The molecular formula is C14H20BrN. The van der Waals surface area contributed by atoms with E-state index in [0.29, 0.717) is 0 Å². The van der Waals surface area contributed by atoms with Crippen LogP contribution < -0.4 is 0 Å². The molecule has 2 rings (SSSR count). The second kappa shape index (κ2) is 5.83. The van der Waals surface area contributed by atoms with E-state index in [1.54, 1.807) is 5.56 Å². The Bertz CT molecular complexity index is 337. The largest absolute Gasteiger partial charge is 0.299 e. The lowest BCUT2D eigenvalue weighted by molar-refractivity contribution is 0.242. The summed E-state index contributed by atoms with van der Waals surface area (Å²) in [6.07, 6.45) is 2.54. The average molecular weight is 282 g/mol. The van der Waals surface area contributed by atoms with Crippen molar-refractivity contribution in [3.63, 3.8) is 0 Å². The molecule has 0 saturated carbocycles. The van der Waals surface area contributed by atoms with Crippen LogP contribution in [0, 0.1) is 5.92 Å². The Morgan fingerprint density at radius 3 is 2.81 bits per heavy atom. The lowest BCUT2D eigenvalue weighted by Gasteiger charge is -2.23. The van der Waals surface area contributed by atoms with Gasteiger partial charge in [0.1, 0.15) is 0 Å². The highest BCUT2D eigenvalue weighted by Crippen LogP contribution is 2.19. The predicted molar refractivity (Wildman–Crippen MR) is 73.0 cm³/mol. The van der Waals surface area contributed by atoms with Gasteiger partial charge in [-0.05, 0) is 36.4 Å². The molecule has 1 aromatic rings. The summed E-state index contributed by atoms with van der Waals surface area (Å²) in [5.74, 6) is 0.741. The SMILES string of the molecule is CC(CBr)CN1CCCc2ccccc2C1. The number of rotatable bonds is 3. The van der Waals surface area contributed by atoms with Gasteiger partial charge in [-0.1, -0.05) is 47.1 Å². The molecule has 0 saturated heterocycles. The molecule has 0 bridgehead atoms. The summed E-state index contributed by atoms with van der Waals surface area (Å²) in [4.78, 5) is 2.60. The van der Waals surface area contributed by atoms with Gasteiger partial charge in [-0.15, -0.1) is 0 Å². The van der Waals surface area contributed by atoms with Crippen LogP contribution in [0.2, 0.25) is 0 Å². The van der Waals surface area contributed by atoms with Crippen molar-refractivity contribution in [3.05, 3.63) is 35.4 Å². The number of hydrogen-bond donors (Lipinski definition) is 0. The second-order valence-electron chi connectivity index (χ2n) is 4.87. The van der Waals surface area contributed by atoms with Gasteiger partial charge < -0.3 is 0 Å². The Labute approximate surface area is 107 Å². The molecular weight excluding hydrogens is 262 g/mol. The van der Waals surface area contributed by atoms with Gasteiger partial charge in [0.2, 0.25) is 0 Å². The summed E-state index contributed by atoms with van der Waals surface area (Å²) in [6.45, 7) is 5.89. The molecule has 16 heavy (non-hydrogen) atoms. The molecule has 2 heteroatoms. The smallest absolute Gasteiger partial charge is 0.0236 e. The van der Waals surface area contributed by atoms with Crippen LogP contribution in [-0.4, -0.2) is 23.3 Å². The maximum atomic E-state index is 3.57. The van der Waals surface area contributed by atoms with E-state index in [4.69, 9.17) is 0 Å². The fourth-order valence-electron chi connectivity index (χ4n) is 2.41. The normalized spacial score (nSPS) is 18.9. The predicted octanol–water partition coefficient (Wildman–Crippen LogP) is 3.47. The van der Waals surface area contributed by atoms with Gasteiger partial charge >= 0.3 is 0 Å². The summed E-state index contributed by atoms with van der Waals surface area (Å²) >= 11 is 3.57. The summed E-state index contributed by atoms with van der Waals surface area (Å²) in [6, 6.07) is 8.89. The molecule has 0 N–H and O–H groups in total. The number of alkyl halides is 1. The maximum absolute atomic E-state index is 3.57. The van der Waals surface area contributed by atoms with Crippen LogP contribution in [-0.2, 0) is 13.0 Å². The van der Waals surface area contributed by atoms with Crippen LogP contribution in [0.3, 0.4) is 0 Å². The molecule has 1 aliphatic heterocycles. The van der Waals surface area contributed by atoms with Crippen molar-refractivity contribution in [1.29, 1.82) is 0 Å². The molecule has 0 spiro atoms. The summed E-state index contributed by atoms with van der Waals surface area (Å²) in [7, 11) is 0. The van der Waals surface area contributed by atoms with Gasteiger partial charge in [-0.3, -0.25) is 4.90 Å². The van der Waals surface area contributed by atoms with Crippen LogP contribution in [0.4, 0.5) is 0 Å². The van der Waals surface area contributed by atoms with Gasteiger partial charge in [0.05, 0.1) is 0 Å². The summed E-state index contributed by atoms with van der Waals surface area (Å²) in [5.41, 5.74) is 3.08. The van der Waals surface area contributed by atoms with Crippen molar-refractivity contribution in [2.75, 3.05) is 18.4 Å². The van der Waals surface area contributed by atoms with Crippen LogP contribution in [0.5, 0.6) is 0 Å². The van der Waals surface area contributed by atoms with E-state index in [1.165, 1.54) is 31.5 Å². The fraction of sp³-hybridized carbons (Fsp3) is 0.571. The maximum Gasteiger partial charge on any atom is 0.0236 e. The summed E-state index contributed by atoms with van der Waals surface area (Å²) in [5, 5.41) is 1.10. The fourth-order valence-corrected chi connectivity index (χ4v) is 2.62. The minimum Gasteiger partial charge on any atom is -0.299 e. The van der Waals surface area contributed by atoms with E-state index in [-0.39, 0.29) is 0 Å². The molecule has 1 atom stereocenters. The first-order valence-electron chi connectivity index (χ1n) is 6.14. The van der Waals surface area contributed by atoms with E-state index in [0.717, 1.165) is 17.8 Å². The Balaban J connectivity index is 2.05. The first-order valence-corrected chi connectivity index (χ1v) is 7.27. The number of halogens is 1. The number of hydrogen-bond acceptors (Lipinski definition) is 1. The number of fused-ring (bicyclic) bond motifs is 1. The van der Waals surface area contributed by atoms with E-state index >= 15 is 0 Å². The lowest BCUT2D eigenvalue weighted by Crippen LogP contribution is -2.28. The van der Waals surface area contributed by atoms with Crippen molar-refractivity contribution < 1.29 is 0 Å². The number of benzene rings is 1. The lowest BCUT2D eigenvalue weighted by atomic mass is 10.0. The van der Waals surface area contributed by atoms with Crippen molar-refractivity contribution in [2.45, 2.75) is 26.3 Å². The third-order valence-corrected chi connectivity index (χ3v) is 4.37. The van der Waals surface area contributed by atoms with Gasteiger partial charge in [0.25, 0.3) is 0 Å². The molecule has 0 aromatic heterocycles. The number of nitrogens with zero attached hydrogens (tertiary/aromatic N) is 1. The highest BCUT2D eigenvalue weighted by Gasteiger charge is 2.15. The first kappa shape index (κ1) is 12.1. The second-order valence-corrected chi connectivity index (χ2v) is 5.51. The molecule has 1 aromatic carbocycles. The van der Waals surface area contributed by atoms with Crippen LogP contribution in [0.25, 0.3) is 0 Å². The third-order valence-electron chi connectivity index (χ3n) is 3.27. The Hall–Kier alpha value is -0.340. The van der Waals surface area contributed by atoms with Crippen molar-refractivity contribution >= 4 is 15.9 Å². The Morgan fingerprint density at radius 1 is 1.31 bits per heavy atom. The quantitative estimate of drug-likeness (QED) is 0.767. The van der Waals surface area contributed by atoms with E-state index in [1.807, 2.05) is 0 Å². The molecule has 1 unspecified atom stereocenters. The molecule has 1 nitrogen and oxygen atoms in total. The van der Waals surface area contributed by atoms with E-state index in [2.05, 4.69) is 52.0 Å². The minimum absolute atomic E-state index is 0.741. The summed E-state index contributed by atoms with van der Waals surface area (Å²) < 4.78 is 0. The van der Waals surface area contributed by atoms with E-state index < -0.39 is 0 Å². The Kier molecular flexibility index (Phi) is 4.42. The highest BCUT2D eigenvalue weighted by molar-refractivity contribution is 9.09. The van der Waals surface area contributed by atoms with Gasteiger partial charge in [-0.25, -0.2) is 0 Å². The average Bonchev–Trinajstić information content (AvgIpc) is 2.50. The van der Waals surface area contributed by atoms with Crippen molar-refractivity contribution in [1.82, 2.24) is 4.90 Å². The topological polar surface area (TPSA) is 3.24 Å². The monoisotopic (exact) mass is 281 g/mol. The van der Waals surface area contributed by atoms with Crippen LogP contribution in [0.15, 0.2) is 24.3 Å². The van der Waals surface area contributed by atoms with Gasteiger partial charge in [0.15, 0.2) is 0 Å². The van der Waals surface area contributed by atoms with Gasteiger partial charge in [-0.2, -0.15) is 0 Å². The molecule has 0 aliphatic carbocycles. The number of aryl methyl sites for hydroxylation is 1. The van der Waals surface area contributed by atoms with E-state index in [9.17, 15) is 0 Å². The standard InChI is InChI=1S/C14H20BrN/c1-12(9-15)10-16-8-4-7-13-5-2-3-6-14(13)11-16/h2-3,5-6,12H,4,7-11H2,1H3. The zero-order chi connectivity index (χ0) is 11.4. The molecule has 0 radical (unpaired) electrons. The van der Waals surface area contributed by atoms with Crippen molar-refractivity contribution in [2.24, 2.45) is 5.92 Å². The van der Waals surface area contributed by atoms with Crippen LogP contribution >= 0.6 is 15.9 Å². The first-order chi connectivity index (χ1) is 7.79. The minimum atomic E-state index is 0.741. The molecule has 0 amide bonds. The molecule has 1 heterocycles. The zero-order valence-corrected chi connectivity index (χ0v) is 11.5. The molecule has 0 fully saturated rings. The third kappa shape index (κ3) is 3.08. The molecule has 88 valence electrons. The van der Waals surface area contributed by atoms with Gasteiger partial charge in [0, 0.05) is 18.4 Å².